The molecule has 0 spiro atoms. The SMILES string of the molecule is CCCCCCCCCCCCN=C(NC(=N)N)N(C)CCOC.Cl. The van der Waals surface area contributed by atoms with Crippen molar-refractivity contribution < 1.29 is 4.74 Å². The average Bonchev–Trinajstić information content (AvgIpc) is 2.56. The van der Waals surface area contributed by atoms with Crippen LogP contribution in [0.15, 0.2) is 4.99 Å². The van der Waals surface area contributed by atoms with Crippen LogP contribution in [0.25, 0.3) is 0 Å². The van der Waals surface area contributed by atoms with Gasteiger partial charge in [0.15, 0.2) is 5.96 Å². The van der Waals surface area contributed by atoms with Crippen molar-refractivity contribution in [2.45, 2.75) is 71.1 Å². The second-order valence-corrected chi connectivity index (χ2v) is 6.34. The number of hydrogen-bond donors (Lipinski definition) is 3. The van der Waals surface area contributed by atoms with Crippen LogP contribution in [0.4, 0.5) is 0 Å². The Labute approximate surface area is 160 Å². The lowest BCUT2D eigenvalue weighted by atomic mass is 10.1. The highest BCUT2D eigenvalue weighted by Gasteiger charge is 2.06. The molecule has 150 valence electrons. The van der Waals surface area contributed by atoms with E-state index in [2.05, 4.69) is 17.2 Å². The lowest BCUT2D eigenvalue weighted by molar-refractivity contribution is 0.182. The lowest BCUT2D eigenvalue weighted by Crippen LogP contribution is -2.46. The van der Waals surface area contributed by atoms with Gasteiger partial charge < -0.3 is 15.4 Å². The van der Waals surface area contributed by atoms with Gasteiger partial charge in [-0.3, -0.25) is 15.7 Å². The molecule has 0 aliphatic heterocycles. The molecule has 0 heterocycles. The van der Waals surface area contributed by atoms with E-state index in [4.69, 9.17) is 15.9 Å². The fourth-order valence-corrected chi connectivity index (χ4v) is 2.49. The Hall–Kier alpha value is -1.01. The van der Waals surface area contributed by atoms with Gasteiger partial charge in [-0.1, -0.05) is 64.7 Å². The number of nitrogens with two attached hydrogens (primary N) is 1. The first-order valence-electron chi connectivity index (χ1n) is 9.47. The van der Waals surface area contributed by atoms with Crippen molar-refractivity contribution in [3.63, 3.8) is 0 Å². The summed E-state index contributed by atoms with van der Waals surface area (Å²) in [6.45, 7) is 4.36. The van der Waals surface area contributed by atoms with E-state index in [9.17, 15) is 0 Å². The monoisotopic (exact) mass is 377 g/mol. The first-order chi connectivity index (χ1) is 11.6. The summed E-state index contributed by atoms with van der Waals surface area (Å²) in [5.74, 6) is 0.566. The summed E-state index contributed by atoms with van der Waals surface area (Å²) in [5.41, 5.74) is 5.42. The third-order valence-electron chi connectivity index (χ3n) is 4.01. The Morgan fingerprint density at radius 1 is 1.04 bits per heavy atom. The van der Waals surface area contributed by atoms with Gasteiger partial charge in [0, 0.05) is 27.2 Å². The van der Waals surface area contributed by atoms with Crippen molar-refractivity contribution in [3.8, 4) is 0 Å². The number of likely N-dealkylation sites (N-methyl/N-ethyl adjacent to an activating group) is 1. The maximum Gasteiger partial charge on any atom is 0.200 e. The Morgan fingerprint density at radius 3 is 2.04 bits per heavy atom. The molecule has 0 radical (unpaired) electrons. The van der Waals surface area contributed by atoms with E-state index >= 15 is 0 Å². The molecule has 0 bridgehead atoms. The van der Waals surface area contributed by atoms with Crippen LogP contribution < -0.4 is 11.1 Å². The highest BCUT2D eigenvalue weighted by Crippen LogP contribution is 2.10. The third kappa shape index (κ3) is 17.6. The van der Waals surface area contributed by atoms with Gasteiger partial charge in [0.25, 0.3) is 0 Å². The number of nitrogens with zero attached hydrogens (tertiary/aromatic N) is 2. The van der Waals surface area contributed by atoms with E-state index in [-0.39, 0.29) is 18.4 Å². The minimum absolute atomic E-state index is 0. The quantitative estimate of drug-likeness (QED) is 0.244. The smallest absolute Gasteiger partial charge is 0.200 e. The number of unbranched alkanes of at least 4 members (excludes halogenated alkanes) is 9. The van der Waals surface area contributed by atoms with E-state index in [0.717, 1.165) is 13.0 Å². The number of aliphatic imine (C=N–C) groups is 1. The molecular weight excluding hydrogens is 338 g/mol. The van der Waals surface area contributed by atoms with Crippen LogP contribution in [0.3, 0.4) is 0 Å². The molecule has 0 aromatic rings. The predicted octanol–water partition coefficient (Wildman–Crippen LogP) is 3.75. The molecule has 25 heavy (non-hydrogen) atoms. The van der Waals surface area contributed by atoms with E-state index in [1.54, 1.807) is 7.11 Å². The summed E-state index contributed by atoms with van der Waals surface area (Å²) >= 11 is 0. The van der Waals surface area contributed by atoms with Crippen LogP contribution in [0.5, 0.6) is 0 Å². The molecule has 7 heteroatoms. The van der Waals surface area contributed by atoms with Crippen molar-refractivity contribution in [2.75, 3.05) is 33.9 Å². The Morgan fingerprint density at radius 2 is 1.56 bits per heavy atom. The zero-order chi connectivity index (χ0) is 18.0. The summed E-state index contributed by atoms with van der Waals surface area (Å²) in [4.78, 5) is 6.47. The fourth-order valence-electron chi connectivity index (χ4n) is 2.49. The molecule has 0 saturated carbocycles. The third-order valence-corrected chi connectivity index (χ3v) is 4.01. The Bertz CT molecular complexity index is 339. The van der Waals surface area contributed by atoms with Crippen molar-refractivity contribution in [1.29, 1.82) is 5.41 Å². The Kier molecular flexibility index (Phi) is 20.3. The van der Waals surface area contributed by atoms with Crippen LogP contribution in [-0.2, 0) is 4.74 Å². The first-order valence-corrected chi connectivity index (χ1v) is 9.47. The van der Waals surface area contributed by atoms with Gasteiger partial charge in [-0.25, -0.2) is 0 Å². The molecular formula is C18H40ClN5O. The first kappa shape index (κ1) is 26.2. The van der Waals surface area contributed by atoms with Gasteiger partial charge in [0.1, 0.15) is 0 Å². The van der Waals surface area contributed by atoms with Gasteiger partial charge in [0.05, 0.1) is 6.61 Å². The zero-order valence-corrected chi connectivity index (χ0v) is 17.3. The number of halogens is 1. The van der Waals surface area contributed by atoms with Crippen LogP contribution in [0, 0.1) is 5.41 Å². The average molecular weight is 378 g/mol. The summed E-state index contributed by atoms with van der Waals surface area (Å²) < 4.78 is 5.07. The topological polar surface area (TPSA) is 86.7 Å². The summed E-state index contributed by atoms with van der Waals surface area (Å²) in [6.07, 6.45) is 13.2. The van der Waals surface area contributed by atoms with Crippen molar-refractivity contribution >= 4 is 24.3 Å². The maximum atomic E-state index is 7.38. The van der Waals surface area contributed by atoms with Crippen molar-refractivity contribution in [1.82, 2.24) is 10.2 Å². The van der Waals surface area contributed by atoms with Crippen LogP contribution >= 0.6 is 12.4 Å². The molecule has 0 aliphatic rings. The van der Waals surface area contributed by atoms with Gasteiger partial charge in [-0.05, 0) is 6.42 Å². The largest absolute Gasteiger partial charge is 0.383 e. The van der Waals surface area contributed by atoms with Crippen molar-refractivity contribution in [2.24, 2.45) is 10.7 Å². The Balaban J connectivity index is 0. The number of methoxy groups -OCH3 is 1. The lowest BCUT2D eigenvalue weighted by Gasteiger charge is -2.21. The van der Waals surface area contributed by atoms with E-state index in [1.165, 1.54) is 57.8 Å². The number of guanidine groups is 2. The number of ether oxygens (including phenoxy) is 1. The van der Waals surface area contributed by atoms with Gasteiger partial charge in [-0.15, -0.1) is 12.4 Å². The van der Waals surface area contributed by atoms with Gasteiger partial charge >= 0.3 is 0 Å². The van der Waals surface area contributed by atoms with E-state index in [1.807, 2.05) is 11.9 Å². The molecule has 0 amide bonds. The summed E-state index contributed by atoms with van der Waals surface area (Å²) in [7, 11) is 3.60. The molecule has 0 atom stereocenters. The van der Waals surface area contributed by atoms with Gasteiger partial charge in [-0.2, -0.15) is 0 Å². The molecule has 0 rings (SSSR count). The molecule has 0 fully saturated rings. The highest BCUT2D eigenvalue weighted by atomic mass is 35.5. The van der Waals surface area contributed by atoms with Gasteiger partial charge in [0.2, 0.25) is 5.96 Å². The van der Waals surface area contributed by atoms with E-state index in [0.29, 0.717) is 19.1 Å². The van der Waals surface area contributed by atoms with Crippen LogP contribution in [-0.4, -0.2) is 50.7 Å². The summed E-state index contributed by atoms with van der Waals surface area (Å²) in [6, 6.07) is 0. The number of rotatable bonds is 14. The fraction of sp³-hybridized carbons (Fsp3) is 0.889. The molecule has 0 unspecified atom stereocenters. The standard InChI is InChI=1S/C18H39N5O.ClH/c1-4-5-6-7-8-9-10-11-12-13-14-21-18(22-17(19)20)23(2)15-16-24-3;/h4-16H2,1-3H3,(H4,19,20,21,22);1H. The van der Waals surface area contributed by atoms with Crippen LogP contribution in [0.2, 0.25) is 0 Å². The molecule has 0 saturated heterocycles. The van der Waals surface area contributed by atoms with Crippen LogP contribution in [0.1, 0.15) is 71.1 Å². The number of nitrogens with one attached hydrogen (secondary N) is 2. The minimum Gasteiger partial charge on any atom is -0.383 e. The molecule has 0 aromatic heterocycles. The highest BCUT2D eigenvalue weighted by molar-refractivity contribution is 5.96. The molecule has 0 aliphatic carbocycles. The predicted molar refractivity (Wildman–Crippen MR) is 111 cm³/mol. The van der Waals surface area contributed by atoms with E-state index < -0.39 is 0 Å². The summed E-state index contributed by atoms with van der Waals surface area (Å²) in [5, 5.41) is 10.2. The number of hydrogen-bond acceptors (Lipinski definition) is 3. The second-order valence-electron chi connectivity index (χ2n) is 6.34. The maximum absolute atomic E-state index is 7.38. The molecule has 0 aromatic carbocycles. The molecule has 4 N–H and O–H groups in total. The normalized spacial score (nSPS) is 11.1. The second kappa shape index (κ2) is 19.3. The molecule has 6 nitrogen and oxygen atoms in total. The minimum atomic E-state index is -0.0823. The van der Waals surface area contributed by atoms with Crippen molar-refractivity contribution in [3.05, 3.63) is 0 Å². The zero-order valence-electron chi connectivity index (χ0n) is 16.5.